The molecule has 1 heterocycles. The van der Waals surface area contributed by atoms with Gasteiger partial charge in [-0.3, -0.25) is 4.79 Å². The van der Waals surface area contributed by atoms with Gasteiger partial charge in [0.05, 0.1) is 5.41 Å². The zero-order valence-corrected chi connectivity index (χ0v) is 16.6. The molecule has 0 bridgehead atoms. The number of piperidine rings is 1. The van der Waals surface area contributed by atoms with Crippen molar-refractivity contribution in [1.82, 2.24) is 10.2 Å². The fraction of sp³-hybridized carbons (Fsp3) is 0.667. The van der Waals surface area contributed by atoms with Crippen LogP contribution in [0.3, 0.4) is 0 Å². The summed E-state index contributed by atoms with van der Waals surface area (Å²) in [5.41, 5.74) is 0.583. The van der Waals surface area contributed by atoms with E-state index in [1.54, 1.807) is 0 Å². The molecule has 3 nitrogen and oxygen atoms in total. The first-order valence-electron chi connectivity index (χ1n) is 9.86. The van der Waals surface area contributed by atoms with E-state index < -0.39 is 5.41 Å². The second-order valence-corrected chi connectivity index (χ2v) is 7.78. The smallest absolute Gasteiger partial charge is 0.233 e. The molecule has 0 spiro atoms. The van der Waals surface area contributed by atoms with Crippen molar-refractivity contribution in [2.45, 2.75) is 56.8 Å². The Morgan fingerprint density at radius 3 is 2.35 bits per heavy atom. The molecule has 2 fully saturated rings. The van der Waals surface area contributed by atoms with Gasteiger partial charge in [-0.2, -0.15) is 0 Å². The molecule has 1 amide bonds. The summed E-state index contributed by atoms with van der Waals surface area (Å²) in [6.07, 6.45) is 8.57. The highest BCUT2D eigenvalue weighted by Gasteiger charge is 2.44. The molecule has 1 aliphatic heterocycles. The van der Waals surface area contributed by atoms with Crippen molar-refractivity contribution < 1.29 is 9.18 Å². The number of likely N-dealkylation sites (tertiary alicyclic amines) is 1. The number of nitrogens with one attached hydrogen (secondary N) is 1. The molecule has 1 saturated carbocycles. The molecule has 0 aromatic heterocycles. The number of amides is 1. The Morgan fingerprint density at radius 2 is 1.77 bits per heavy atom. The lowest BCUT2D eigenvalue weighted by Gasteiger charge is -2.42. The minimum atomic E-state index is -0.427. The van der Waals surface area contributed by atoms with Crippen LogP contribution >= 0.6 is 12.4 Å². The third-order valence-electron chi connectivity index (χ3n) is 6.22. The number of nitrogens with zero attached hydrogens (tertiary/aromatic N) is 1. The highest BCUT2D eigenvalue weighted by molar-refractivity contribution is 5.88. The summed E-state index contributed by atoms with van der Waals surface area (Å²) in [5.74, 6) is 0.781. The SMILES string of the molecule is CNCCC1CCN(C(=O)C2(c3ccc(F)cc3)CCCCC2)CC1.Cl. The number of carbonyl (C=O) groups excluding carboxylic acids is 1. The summed E-state index contributed by atoms with van der Waals surface area (Å²) >= 11 is 0. The number of rotatable bonds is 5. The van der Waals surface area contributed by atoms with Gasteiger partial charge in [-0.1, -0.05) is 31.4 Å². The van der Waals surface area contributed by atoms with Gasteiger partial charge in [-0.15, -0.1) is 12.4 Å². The second kappa shape index (κ2) is 9.70. The minimum Gasteiger partial charge on any atom is -0.342 e. The van der Waals surface area contributed by atoms with E-state index in [1.165, 1.54) is 25.0 Å². The van der Waals surface area contributed by atoms with Crippen molar-refractivity contribution in [2.75, 3.05) is 26.7 Å². The van der Waals surface area contributed by atoms with Crippen LogP contribution in [0.2, 0.25) is 0 Å². The Balaban J connectivity index is 0.00000243. The molecule has 3 rings (SSSR count). The van der Waals surface area contributed by atoms with E-state index >= 15 is 0 Å². The van der Waals surface area contributed by atoms with Crippen molar-refractivity contribution >= 4 is 18.3 Å². The molecule has 1 N–H and O–H groups in total. The number of halogens is 2. The highest BCUT2D eigenvalue weighted by Crippen LogP contribution is 2.41. The zero-order valence-electron chi connectivity index (χ0n) is 15.8. The maximum Gasteiger partial charge on any atom is 0.233 e. The lowest BCUT2D eigenvalue weighted by molar-refractivity contribution is -0.140. The number of benzene rings is 1. The molecule has 26 heavy (non-hydrogen) atoms. The Morgan fingerprint density at radius 1 is 1.15 bits per heavy atom. The molecule has 1 saturated heterocycles. The van der Waals surface area contributed by atoms with Crippen LogP contribution < -0.4 is 5.32 Å². The molecule has 2 aliphatic rings. The summed E-state index contributed by atoms with van der Waals surface area (Å²) in [6.45, 7) is 2.80. The van der Waals surface area contributed by atoms with Crippen molar-refractivity contribution in [3.8, 4) is 0 Å². The van der Waals surface area contributed by atoms with E-state index in [0.717, 1.165) is 69.6 Å². The Hall–Kier alpha value is -1.13. The molecule has 0 radical (unpaired) electrons. The quantitative estimate of drug-likeness (QED) is 0.823. The predicted molar refractivity (Wildman–Crippen MR) is 106 cm³/mol. The average molecular weight is 383 g/mol. The average Bonchev–Trinajstić information content (AvgIpc) is 2.67. The van der Waals surface area contributed by atoms with Gasteiger partial charge in [-0.25, -0.2) is 4.39 Å². The molecular weight excluding hydrogens is 351 g/mol. The van der Waals surface area contributed by atoms with E-state index in [4.69, 9.17) is 0 Å². The Labute approximate surface area is 163 Å². The third kappa shape index (κ3) is 4.58. The van der Waals surface area contributed by atoms with Gasteiger partial charge in [-0.05, 0) is 69.3 Å². The molecule has 0 atom stereocenters. The van der Waals surface area contributed by atoms with E-state index in [9.17, 15) is 9.18 Å². The second-order valence-electron chi connectivity index (χ2n) is 7.78. The molecule has 1 aromatic carbocycles. The van der Waals surface area contributed by atoms with Crippen LogP contribution in [-0.4, -0.2) is 37.5 Å². The largest absolute Gasteiger partial charge is 0.342 e. The summed E-state index contributed by atoms with van der Waals surface area (Å²) in [7, 11) is 1.99. The normalized spacial score (nSPS) is 20.5. The first-order chi connectivity index (χ1) is 12.2. The molecule has 5 heteroatoms. The molecule has 1 aromatic rings. The lowest BCUT2D eigenvalue weighted by Crippen LogP contribution is -2.50. The maximum absolute atomic E-state index is 13.5. The van der Waals surface area contributed by atoms with Gasteiger partial charge in [0.2, 0.25) is 5.91 Å². The van der Waals surface area contributed by atoms with Gasteiger partial charge >= 0.3 is 0 Å². The van der Waals surface area contributed by atoms with E-state index in [1.807, 2.05) is 19.2 Å². The summed E-state index contributed by atoms with van der Waals surface area (Å²) in [4.78, 5) is 15.6. The summed E-state index contributed by atoms with van der Waals surface area (Å²) in [5, 5.41) is 3.22. The van der Waals surface area contributed by atoms with Crippen LogP contribution in [0.1, 0.15) is 56.9 Å². The number of carbonyl (C=O) groups is 1. The van der Waals surface area contributed by atoms with Gasteiger partial charge in [0.1, 0.15) is 5.82 Å². The zero-order chi connectivity index (χ0) is 17.7. The maximum atomic E-state index is 13.5. The molecular formula is C21H32ClFN2O. The Bertz CT molecular complexity index is 564. The van der Waals surface area contributed by atoms with Crippen LogP contribution in [-0.2, 0) is 10.2 Å². The highest BCUT2D eigenvalue weighted by atomic mass is 35.5. The van der Waals surface area contributed by atoms with Gasteiger partial charge in [0, 0.05) is 13.1 Å². The van der Waals surface area contributed by atoms with Crippen molar-refractivity contribution in [3.63, 3.8) is 0 Å². The van der Waals surface area contributed by atoms with Crippen molar-refractivity contribution in [1.29, 1.82) is 0 Å². The Kier molecular flexibility index (Phi) is 7.90. The van der Waals surface area contributed by atoms with Crippen LogP contribution in [0.15, 0.2) is 24.3 Å². The molecule has 146 valence electrons. The topological polar surface area (TPSA) is 32.3 Å². The first kappa shape index (κ1) is 21.2. The van der Waals surface area contributed by atoms with Gasteiger partial charge < -0.3 is 10.2 Å². The van der Waals surface area contributed by atoms with E-state index in [2.05, 4.69) is 10.2 Å². The van der Waals surface area contributed by atoms with E-state index in [-0.39, 0.29) is 24.1 Å². The number of hydrogen-bond donors (Lipinski definition) is 1. The van der Waals surface area contributed by atoms with Crippen LogP contribution in [0.5, 0.6) is 0 Å². The van der Waals surface area contributed by atoms with Gasteiger partial charge in [0.15, 0.2) is 0 Å². The molecule has 1 aliphatic carbocycles. The van der Waals surface area contributed by atoms with Crippen LogP contribution in [0.25, 0.3) is 0 Å². The fourth-order valence-corrected chi connectivity index (χ4v) is 4.63. The fourth-order valence-electron chi connectivity index (χ4n) is 4.63. The number of hydrogen-bond acceptors (Lipinski definition) is 2. The third-order valence-corrected chi connectivity index (χ3v) is 6.22. The predicted octanol–water partition coefficient (Wildman–Crippen LogP) is 4.30. The summed E-state index contributed by atoms with van der Waals surface area (Å²) in [6, 6.07) is 6.67. The summed E-state index contributed by atoms with van der Waals surface area (Å²) < 4.78 is 13.4. The minimum absolute atomic E-state index is 0. The van der Waals surface area contributed by atoms with Crippen LogP contribution in [0.4, 0.5) is 4.39 Å². The van der Waals surface area contributed by atoms with Crippen molar-refractivity contribution in [3.05, 3.63) is 35.6 Å². The monoisotopic (exact) mass is 382 g/mol. The standard InChI is InChI=1S/C21H31FN2O.ClH/c1-23-14-9-17-10-15-24(16-11-17)20(25)21(12-3-2-4-13-21)18-5-7-19(22)8-6-18;/h5-8,17,23H,2-4,9-16H2,1H3;1H. The van der Waals surface area contributed by atoms with Gasteiger partial charge in [0.25, 0.3) is 0 Å². The first-order valence-corrected chi connectivity index (χ1v) is 9.86. The van der Waals surface area contributed by atoms with Crippen LogP contribution in [0, 0.1) is 11.7 Å². The van der Waals surface area contributed by atoms with Crippen molar-refractivity contribution in [2.24, 2.45) is 5.92 Å². The van der Waals surface area contributed by atoms with E-state index in [0.29, 0.717) is 0 Å². The lowest BCUT2D eigenvalue weighted by atomic mass is 9.68. The molecule has 0 unspecified atom stereocenters.